The molecule has 3 N–H and O–H groups in total. The fraction of sp³-hybridized carbons (Fsp3) is 0.414. The van der Waals surface area contributed by atoms with E-state index in [0.717, 1.165) is 16.7 Å². The number of ether oxygens (including phenoxy) is 2. The molecule has 1 amide bonds. The van der Waals surface area contributed by atoms with Gasteiger partial charge in [0, 0.05) is 37.9 Å². The van der Waals surface area contributed by atoms with Crippen LogP contribution in [0.4, 0.5) is 10.7 Å². The number of amides is 1. The summed E-state index contributed by atoms with van der Waals surface area (Å²) in [6, 6.07) is 14.6. The Morgan fingerprint density at radius 3 is 2.56 bits per heavy atom. The normalized spacial score (nSPS) is 11.8. The number of rotatable bonds is 13. The predicted octanol–water partition coefficient (Wildman–Crippen LogP) is 4.19. The molecule has 1 heterocycles. The number of anilines is 1. The number of aromatic hydroxyl groups is 1. The Kier molecular flexibility index (Phi) is 10.9. The summed E-state index contributed by atoms with van der Waals surface area (Å²) in [4.78, 5) is 20.8. The molecule has 3 aromatic rings. The topological polar surface area (TPSA) is 143 Å². The first-order valence-corrected chi connectivity index (χ1v) is 15.1. The van der Waals surface area contributed by atoms with Crippen LogP contribution in [-0.2, 0) is 27.7 Å². The lowest BCUT2D eigenvalue weighted by molar-refractivity contribution is 0.0526. The lowest BCUT2D eigenvalue weighted by Crippen LogP contribution is -2.35. The lowest BCUT2D eigenvalue weighted by Gasteiger charge is -2.22. The number of phenols is 1. The van der Waals surface area contributed by atoms with E-state index in [-0.39, 0.29) is 25.4 Å². The molecule has 1 aromatic heterocycles. The Hall–Kier alpha value is -3.90. The molecule has 12 heteroatoms. The number of methoxy groups -OCH3 is 1. The highest BCUT2D eigenvalue weighted by molar-refractivity contribution is 7.88. The fourth-order valence-electron chi connectivity index (χ4n) is 3.96. The summed E-state index contributed by atoms with van der Waals surface area (Å²) in [7, 11) is -1.97. The summed E-state index contributed by atoms with van der Waals surface area (Å²) >= 11 is 0. The molecular formula is C29H39N5O6S. The van der Waals surface area contributed by atoms with Gasteiger partial charge in [-0.3, -0.25) is 0 Å². The SMILES string of the molecule is COc1cc(CCNc2nccc(-c3cccc(CN(CCCNC(=O)OC(C)(C)C)S(C)(=O)=O)c3)n2)ccc1O. The van der Waals surface area contributed by atoms with Crippen LogP contribution >= 0.6 is 0 Å². The van der Waals surface area contributed by atoms with E-state index in [1.54, 1.807) is 45.2 Å². The minimum atomic E-state index is -3.48. The average Bonchev–Trinajstić information content (AvgIpc) is 2.90. The Morgan fingerprint density at radius 1 is 1.07 bits per heavy atom. The van der Waals surface area contributed by atoms with Gasteiger partial charge in [-0.2, -0.15) is 4.31 Å². The third-order valence-electron chi connectivity index (χ3n) is 5.90. The molecule has 0 saturated heterocycles. The quantitative estimate of drug-likeness (QED) is 0.252. The van der Waals surface area contributed by atoms with Crippen molar-refractivity contribution < 1.29 is 27.8 Å². The maximum atomic E-state index is 12.5. The van der Waals surface area contributed by atoms with E-state index in [1.807, 2.05) is 30.3 Å². The van der Waals surface area contributed by atoms with Crippen molar-refractivity contribution in [1.29, 1.82) is 0 Å². The Morgan fingerprint density at radius 2 is 1.85 bits per heavy atom. The van der Waals surface area contributed by atoms with Crippen molar-refractivity contribution in [3.63, 3.8) is 0 Å². The first-order valence-electron chi connectivity index (χ1n) is 13.3. The zero-order chi connectivity index (χ0) is 30.0. The van der Waals surface area contributed by atoms with Gasteiger partial charge in [0.05, 0.1) is 19.1 Å². The Bertz CT molecular complexity index is 1430. The molecule has 0 aliphatic carbocycles. The number of carbonyl (C=O) groups excluding carboxylic acids is 1. The van der Waals surface area contributed by atoms with Crippen LogP contribution in [0.5, 0.6) is 11.5 Å². The van der Waals surface area contributed by atoms with Crippen molar-refractivity contribution in [1.82, 2.24) is 19.6 Å². The molecular weight excluding hydrogens is 546 g/mol. The first-order chi connectivity index (χ1) is 19.3. The number of nitrogens with zero attached hydrogens (tertiary/aromatic N) is 3. The number of alkyl carbamates (subject to hydrolysis) is 1. The second kappa shape index (κ2) is 14.1. The molecule has 0 saturated carbocycles. The summed E-state index contributed by atoms with van der Waals surface area (Å²) in [6.07, 6.45) is 3.42. The largest absolute Gasteiger partial charge is 0.504 e. The van der Waals surface area contributed by atoms with Crippen molar-refractivity contribution in [3.05, 3.63) is 65.9 Å². The molecule has 0 spiro atoms. The zero-order valence-electron chi connectivity index (χ0n) is 24.2. The number of sulfonamides is 1. The van der Waals surface area contributed by atoms with Crippen LogP contribution in [-0.4, -0.2) is 72.5 Å². The van der Waals surface area contributed by atoms with Gasteiger partial charge in [-0.15, -0.1) is 0 Å². The van der Waals surface area contributed by atoms with E-state index in [0.29, 0.717) is 36.8 Å². The number of aromatic nitrogens is 2. The van der Waals surface area contributed by atoms with Crippen molar-refractivity contribution in [2.24, 2.45) is 0 Å². The van der Waals surface area contributed by atoms with Gasteiger partial charge in [-0.05, 0) is 69.0 Å². The van der Waals surface area contributed by atoms with Gasteiger partial charge in [-0.25, -0.2) is 23.2 Å². The number of hydrogen-bond donors (Lipinski definition) is 3. The van der Waals surface area contributed by atoms with Gasteiger partial charge >= 0.3 is 6.09 Å². The number of phenolic OH excluding ortho intramolecular Hbond substituents is 1. The highest BCUT2D eigenvalue weighted by Crippen LogP contribution is 2.26. The molecule has 0 aliphatic heterocycles. The minimum Gasteiger partial charge on any atom is -0.504 e. The second-order valence-corrected chi connectivity index (χ2v) is 12.5. The summed E-state index contributed by atoms with van der Waals surface area (Å²) in [5, 5.41) is 15.6. The van der Waals surface area contributed by atoms with Gasteiger partial charge in [-0.1, -0.05) is 24.3 Å². The van der Waals surface area contributed by atoms with Crippen LogP contribution in [0, 0.1) is 0 Å². The number of carbonyl (C=O) groups is 1. The van der Waals surface area contributed by atoms with Crippen LogP contribution in [0.3, 0.4) is 0 Å². The number of hydrogen-bond acceptors (Lipinski definition) is 9. The molecule has 0 radical (unpaired) electrons. The summed E-state index contributed by atoms with van der Waals surface area (Å²) in [6.45, 7) is 6.63. The maximum absolute atomic E-state index is 12.5. The molecule has 222 valence electrons. The second-order valence-electron chi connectivity index (χ2n) is 10.5. The predicted molar refractivity (Wildman–Crippen MR) is 158 cm³/mol. The van der Waals surface area contributed by atoms with Crippen LogP contribution in [0.25, 0.3) is 11.3 Å². The highest BCUT2D eigenvalue weighted by atomic mass is 32.2. The van der Waals surface area contributed by atoms with Gasteiger partial charge in [0.25, 0.3) is 0 Å². The standard InChI is InChI=1S/C29H39N5O6S/c1-29(2,3)40-28(36)32-14-7-17-34(41(5,37)38)20-22-8-6-9-23(18-22)24-13-16-31-27(33-24)30-15-12-21-10-11-25(35)26(19-21)39-4/h6,8-11,13,16,18-19,35H,7,12,14-15,17,20H2,1-5H3,(H,32,36)(H,30,31,33). The Labute approximate surface area is 242 Å². The van der Waals surface area contributed by atoms with E-state index in [2.05, 4.69) is 20.6 Å². The molecule has 0 fully saturated rings. The van der Waals surface area contributed by atoms with E-state index < -0.39 is 21.7 Å². The van der Waals surface area contributed by atoms with Crippen molar-refractivity contribution in [2.45, 2.75) is 45.8 Å². The fourth-order valence-corrected chi connectivity index (χ4v) is 4.80. The van der Waals surface area contributed by atoms with Crippen molar-refractivity contribution in [2.75, 3.05) is 38.3 Å². The number of nitrogens with one attached hydrogen (secondary N) is 2. The zero-order valence-corrected chi connectivity index (χ0v) is 25.0. The van der Waals surface area contributed by atoms with E-state index >= 15 is 0 Å². The van der Waals surface area contributed by atoms with Gasteiger partial charge in [0.2, 0.25) is 16.0 Å². The van der Waals surface area contributed by atoms with Gasteiger partial charge < -0.3 is 25.2 Å². The Balaban J connectivity index is 1.60. The molecule has 0 bridgehead atoms. The molecule has 11 nitrogen and oxygen atoms in total. The van der Waals surface area contributed by atoms with Gasteiger partial charge in [0.15, 0.2) is 11.5 Å². The monoisotopic (exact) mass is 585 g/mol. The molecule has 0 unspecified atom stereocenters. The van der Waals surface area contributed by atoms with Gasteiger partial charge in [0.1, 0.15) is 5.60 Å². The van der Waals surface area contributed by atoms with Crippen LogP contribution in [0.1, 0.15) is 38.3 Å². The summed E-state index contributed by atoms with van der Waals surface area (Å²) in [5.41, 5.74) is 2.73. The molecule has 0 aliphatic rings. The molecule has 2 aromatic carbocycles. The van der Waals surface area contributed by atoms with E-state index in [4.69, 9.17) is 9.47 Å². The van der Waals surface area contributed by atoms with Crippen molar-refractivity contribution in [3.8, 4) is 22.8 Å². The third-order valence-corrected chi connectivity index (χ3v) is 7.15. The van der Waals surface area contributed by atoms with Crippen molar-refractivity contribution >= 4 is 22.1 Å². The van der Waals surface area contributed by atoms with Crippen LogP contribution < -0.4 is 15.4 Å². The maximum Gasteiger partial charge on any atom is 0.407 e. The molecule has 41 heavy (non-hydrogen) atoms. The first kappa shape index (κ1) is 31.6. The van der Waals surface area contributed by atoms with Crippen LogP contribution in [0.2, 0.25) is 0 Å². The summed E-state index contributed by atoms with van der Waals surface area (Å²) in [5.74, 6) is 0.985. The van der Waals surface area contributed by atoms with Crippen LogP contribution in [0.15, 0.2) is 54.7 Å². The lowest BCUT2D eigenvalue weighted by atomic mass is 10.1. The van der Waals surface area contributed by atoms with E-state index in [1.165, 1.54) is 17.7 Å². The minimum absolute atomic E-state index is 0.0948. The highest BCUT2D eigenvalue weighted by Gasteiger charge is 2.19. The number of benzene rings is 2. The average molecular weight is 586 g/mol. The molecule has 0 atom stereocenters. The van der Waals surface area contributed by atoms with E-state index in [9.17, 15) is 18.3 Å². The third kappa shape index (κ3) is 10.5. The summed E-state index contributed by atoms with van der Waals surface area (Å²) < 4.78 is 36.7. The molecule has 3 rings (SSSR count). The smallest absolute Gasteiger partial charge is 0.407 e.